The standard InChI is InChI=1S/C11H13N3O3S/c1-7(18(2,15)16)10-9(11(12)14-17-10)8-3-5-13-6-4-8/h3-7H,1-2H3,(H2,12,14). The van der Waals surface area contributed by atoms with Crippen LogP contribution in [-0.4, -0.2) is 24.8 Å². The third kappa shape index (κ3) is 2.21. The Balaban J connectivity index is 2.60. The third-order valence-corrected chi connectivity index (χ3v) is 4.22. The van der Waals surface area contributed by atoms with Gasteiger partial charge in [0.2, 0.25) is 0 Å². The van der Waals surface area contributed by atoms with E-state index in [4.69, 9.17) is 10.3 Å². The largest absolute Gasteiger partial charge is 0.380 e. The predicted molar refractivity (Wildman–Crippen MR) is 67.4 cm³/mol. The van der Waals surface area contributed by atoms with Gasteiger partial charge >= 0.3 is 0 Å². The van der Waals surface area contributed by atoms with Gasteiger partial charge in [-0.15, -0.1) is 0 Å². The number of anilines is 1. The van der Waals surface area contributed by atoms with Crippen molar-refractivity contribution in [1.29, 1.82) is 0 Å². The first-order valence-corrected chi connectivity index (χ1v) is 7.21. The van der Waals surface area contributed by atoms with E-state index in [0.717, 1.165) is 11.8 Å². The number of hydrogen-bond acceptors (Lipinski definition) is 6. The van der Waals surface area contributed by atoms with Gasteiger partial charge in [-0.2, -0.15) is 0 Å². The number of sulfone groups is 1. The highest BCUT2D eigenvalue weighted by molar-refractivity contribution is 7.90. The van der Waals surface area contributed by atoms with Crippen molar-refractivity contribution in [1.82, 2.24) is 10.1 Å². The molecular formula is C11H13N3O3S. The van der Waals surface area contributed by atoms with Gasteiger partial charge in [-0.25, -0.2) is 8.42 Å². The van der Waals surface area contributed by atoms with Gasteiger partial charge in [-0.3, -0.25) is 4.98 Å². The van der Waals surface area contributed by atoms with Gasteiger partial charge in [-0.1, -0.05) is 5.16 Å². The van der Waals surface area contributed by atoms with Crippen molar-refractivity contribution in [2.24, 2.45) is 0 Å². The molecule has 2 N–H and O–H groups in total. The minimum absolute atomic E-state index is 0.173. The third-order valence-electron chi connectivity index (χ3n) is 2.73. The predicted octanol–water partition coefficient (Wildman–Crippen LogP) is 1.42. The number of aromatic nitrogens is 2. The van der Waals surface area contributed by atoms with E-state index in [9.17, 15) is 8.42 Å². The van der Waals surface area contributed by atoms with Crippen molar-refractivity contribution in [3.63, 3.8) is 0 Å². The van der Waals surface area contributed by atoms with Crippen LogP contribution >= 0.6 is 0 Å². The average molecular weight is 267 g/mol. The lowest BCUT2D eigenvalue weighted by Gasteiger charge is -2.08. The zero-order valence-corrected chi connectivity index (χ0v) is 10.8. The Labute approximate surface area is 105 Å². The molecule has 1 atom stereocenters. The van der Waals surface area contributed by atoms with E-state index in [1.807, 2.05) is 0 Å². The molecule has 0 radical (unpaired) electrons. The van der Waals surface area contributed by atoms with E-state index in [1.165, 1.54) is 0 Å². The summed E-state index contributed by atoms with van der Waals surface area (Å²) in [7, 11) is -3.28. The SMILES string of the molecule is CC(c1onc(N)c1-c1ccncc1)S(C)(=O)=O. The van der Waals surface area contributed by atoms with E-state index in [0.29, 0.717) is 5.56 Å². The Hall–Kier alpha value is -1.89. The molecular weight excluding hydrogens is 254 g/mol. The van der Waals surface area contributed by atoms with Crippen molar-refractivity contribution >= 4 is 15.7 Å². The first kappa shape index (κ1) is 12.6. The van der Waals surface area contributed by atoms with Crippen LogP contribution in [0, 0.1) is 0 Å². The molecule has 0 bridgehead atoms. The van der Waals surface area contributed by atoms with Gasteiger partial charge in [0.25, 0.3) is 0 Å². The fourth-order valence-corrected chi connectivity index (χ4v) is 2.15. The molecule has 1 unspecified atom stereocenters. The van der Waals surface area contributed by atoms with E-state index >= 15 is 0 Å². The van der Waals surface area contributed by atoms with Crippen molar-refractivity contribution in [2.75, 3.05) is 12.0 Å². The number of nitrogens with two attached hydrogens (primary N) is 1. The maximum atomic E-state index is 11.6. The normalized spacial score (nSPS) is 13.4. The van der Waals surface area contributed by atoms with Crippen LogP contribution in [0.2, 0.25) is 0 Å². The highest BCUT2D eigenvalue weighted by Crippen LogP contribution is 2.35. The fourth-order valence-electron chi connectivity index (χ4n) is 1.60. The summed E-state index contributed by atoms with van der Waals surface area (Å²) >= 11 is 0. The van der Waals surface area contributed by atoms with E-state index in [2.05, 4.69) is 10.1 Å². The molecule has 2 aromatic heterocycles. The van der Waals surface area contributed by atoms with Gasteiger partial charge in [-0.05, 0) is 24.6 Å². The van der Waals surface area contributed by atoms with Crippen LogP contribution in [0.15, 0.2) is 29.0 Å². The molecule has 2 aromatic rings. The van der Waals surface area contributed by atoms with Crippen LogP contribution in [0.25, 0.3) is 11.1 Å². The van der Waals surface area contributed by atoms with Gasteiger partial charge in [0.15, 0.2) is 21.4 Å². The highest BCUT2D eigenvalue weighted by Gasteiger charge is 2.27. The Kier molecular flexibility index (Phi) is 3.08. The molecule has 2 rings (SSSR count). The zero-order chi connectivity index (χ0) is 13.3. The highest BCUT2D eigenvalue weighted by atomic mass is 32.2. The van der Waals surface area contributed by atoms with Crippen molar-refractivity contribution in [3.8, 4) is 11.1 Å². The lowest BCUT2D eigenvalue weighted by molar-refractivity contribution is 0.385. The van der Waals surface area contributed by atoms with Crippen LogP contribution in [0.5, 0.6) is 0 Å². The van der Waals surface area contributed by atoms with Crippen molar-refractivity contribution in [3.05, 3.63) is 30.3 Å². The molecule has 96 valence electrons. The number of hydrogen-bond donors (Lipinski definition) is 1. The van der Waals surface area contributed by atoms with E-state index in [1.54, 1.807) is 31.5 Å². The Morgan fingerprint density at radius 1 is 1.33 bits per heavy atom. The molecule has 0 fully saturated rings. The van der Waals surface area contributed by atoms with Gasteiger partial charge < -0.3 is 10.3 Å². The summed E-state index contributed by atoms with van der Waals surface area (Å²) in [6.07, 6.45) is 4.33. The molecule has 0 spiro atoms. The smallest absolute Gasteiger partial charge is 0.175 e. The molecule has 0 aliphatic rings. The maximum Gasteiger partial charge on any atom is 0.175 e. The Morgan fingerprint density at radius 3 is 2.50 bits per heavy atom. The summed E-state index contributed by atoms with van der Waals surface area (Å²) in [6.45, 7) is 1.54. The number of pyridine rings is 1. The number of rotatable bonds is 3. The van der Waals surface area contributed by atoms with Crippen molar-refractivity contribution in [2.45, 2.75) is 12.2 Å². The molecule has 0 saturated carbocycles. The zero-order valence-electron chi connectivity index (χ0n) is 9.99. The van der Waals surface area contributed by atoms with Gasteiger partial charge in [0.1, 0.15) is 5.25 Å². The Bertz CT molecular complexity index is 649. The second-order valence-electron chi connectivity index (χ2n) is 4.01. The molecule has 18 heavy (non-hydrogen) atoms. The van der Waals surface area contributed by atoms with Crippen LogP contribution in [0.1, 0.15) is 17.9 Å². The molecule has 7 heteroatoms. The molecule has 0 aromatic carbocycles. The van der Waals surface area contributed by atoms with Gasteiger partial charge in [0.05, 0.1) is 5.56 Å². The van der Waals surface area contributed by atoms with E-state index < -0.39 is 15.1 Å². The number of nitrogen functional groups attached to an aromatic ring is 1. The second kappa shape index (κ2) is 4.41. The van der Waals surface area contributed by atoms with E-state index in [-0.39, 0.29) is 11.6 Å². The molecule has 0 aliphatic carbocycles. The molecule has 6 nitrogen and oxygen atoms in total. The fraction of sp³-hybridized carbons (Fsp3) is 0.273. The summed E-state index contributed by atoms with van der Waals surface area (Å²) in [5.74, 6) is 0.424. The van der Waals surface area contributed by atoms with Crippen LogP contribution in [-0.2, 0) is 9.84 Å². The van der Waals surface area contributed by atoms with Crippen molar-refractivity contribution < 1.29 is 12.9 Å². The first-order chi connectivity index (χ1) is 8.41. The first-order valence-electron chi connectivity index (χ1n) is 5.25. The lowest BCUT2D eigenvalue weighted by Crippen LogP contribution is -2.08. The van der Waals surface area contributed by atoms with Crippen LogP contribution in [0.3, 0.4) is 0 Å². The summed E-state index contributed by atoms with van der Waals surface area (Å²) in [5.41, 5.74) is 6.97. The minimum atomic E-state index is -3.28. The average Bonchev–Trinajstić information content (AvgIpc) is 2.70. The van der Waals surface area contributed by atoms with Crippen LogP contribution < -0.4 is 5.73 Å². The Morgan fingerprint density at radius 2 is 1.94 bits per heavy atom. The summed E-state index contributed by atoms with van der Waals surface area (Å²) in [5, 5.41) is 2.84. The number of nitrogens with zero attached hydrogens (tertiary/aromatic N) is 2. The topological polar surface area (TPSA) is 99.1 Å². The van der Waals surface area contributed by atoms with Crippen LogP contribution in [0.4, 0.5) is 5.82 Å². The lowest BCUT2D eigenvalue weighted by atomic mass is 10.1. The molecule has 2 heterocycles. The molecule has 0 amide bonds. The maximum absolute atomic E-state index is 11.6. The summed E-state index contributed by atoms with van der Waals surface area (Å²) in [4.78, 5) is 3.90. The summed E-state index contributed by atoms with van der Waals surface area (Å²) < 4.78 is 28.2. The minimum Gasteiger partial charge on any atom is -0.380 e. The molecule has 0 aliphatic heterocycles. The second-order valence-corrected chi connectivity index (χ2v) is 6.38. The monoisotopic (exact) mass is 267 g/mol. The summed E-state index contributed by atoms with van der Waals surface area (Å²) in [6, 6.07) is 3.45. The van der Waals surface area contributed by atoms with Gasteiger partial charge in [0, 0.05) is 18.6 Å². The molecule has 0 saturated heterocycles. The quantitative estimate of drug-likeness (QED) is 0.903.